The zero-order valence-electron chi connectivity index (χ0n) is 11.9. The van der Waals surface area contributed by atoms with Crippen molar-refractivity contribution in [3.8, 4) is 5.75 Å². The lowest BCUT2D eigenvalue weighted by atomic mass is 10.1. The van der Waals surface area contributed by atoms with Gasteiger partial charge in [0.25, 0.3) is 15.0 Å². The third-order valence-corrected chi connectivity index (χ3v) is 5.06. The second-order valence-corrected chi connectivity index (χ2v) is 7.93. The number of hydrogen-bond donors (Lipinski definition) is 1. The van der Waals surface area contributed by atoms with Crippen LogP contribution in [0.25, 0.3) is 0 Å². The Balaban J connectivity index is 2.22. The molecule has 7 heteroatoms. The van der Waals surface area contributed by atoms with Crippen LogP contribution in [-0.4, -0.2) is 27.5 Å². The molecule has 0 radical (unpaired) electrons. The third kappa shape index (κ3) is 3.89. The molecule has 0 saturated heterocycles. The molecule has 2 rings (SSSR count). The van der Waals surface area contributed by atoms with E-state index in [-0.39, 0.29) is 28.2 Å². The molecule has 1 aromatic rings. The van der Waals surface area contributed by atoms with Crippen LogP contribution in [0.4, 0.5) is 0 Å². The average Bonchev–Trinajstić information content (AvgIpc) is 2.82. The van der Waals surface area contributed by atoms with Crippen molar-refractivity contribution in [1.82, 2.24) is 5.32 Å². The fourth-order valence-electron chi connectivity index (χ4n) is 2.62. The van der Waals surface area contributed by atoms with E-state index >= 15 is 0 Å². The molecule has 0 aromatic heterocycles. The van der Waals surface area contributed by atoms with Crippen molar-refractivity contribution in [2.45, 2.75) is 37.1 Å². The van der Waals surface area contributed by atoms with Gasteiger partial charge in [-0.3, -0.25) is 4.79 Å². The van der Waals surface area contributed by atoms with Crippen LogP contribution in [0.1, 0.15) is 36.5 Å². The van der Waals surface area contributed by atoms with Gasteiger partial charge in [0.15, 0.2) is 0 Å². The Kier molecular flexibility index (Phi) is 4.78. The van der Waals surface area contributed by atoms with Crippen LogP contribution < -0.4 is 10.1 Å². The van der Waals surface area contributed by atoms with Gasteiger partial charge in [-0.1, -0.05) is 6.92 Å². The predicted octanol–water partition coefficient (Wildman–Crippen LogP) is 2.54. The summed E-state index contributed by atoms with van der Waals surface area (Å²) in [7, 11) is 2.75. The predicted molar refractivity (Wildman–Crippen MR) is 80.3 cm³/mol. The molecule has 1 aliphatic rings. The molecule has 1 N–H and O–H groups in total. The fourth-order valence-corrected chi connectivity index (χ4v) is 3.64. The SMILES string of the molecule is COc1ccc(C(=O)NC2CCC(C)C2)cc1S(=O)(=O)Cl. The summed E-state index contributed by atoms with van der Waals surface area (Å²) < 4.78 is 28.0. The average molecular weight is 332 g/mol. The molecule has 1 aromatic carbocycles. The van der Waals surface area contributed by atoms with Gasteiger partial charge in [0.2, 0.25) is 0 Å². The van der Waals surface area contributed by atoms with Crippen LogP contribution in [0.2, 0.25) is 0 Å². The Morgan fingerprint density at radius 1 is 1.38 bits per heavy atom. The quantitative estimate of drug-likeness (QED) is 0.860. The van der Waals surface area contributed by atoms with Crippen LogP contribution in [0, 0.1) is 5.92 Å². The van der Waals surface area contributed by atoms with Crippen molar-refractivity contribution in [2.24, 2.45) is 5.92 Å². The van der Waals surface area contributed by atoms with Gasteiger partial charge < -0.3 is 10.1 Å². The van der Waals surface area contributed by atoms with Crippen LogP contribution >= 0.6 is 10.7 Å². The van der Waals surface area contributed by atoms with E-state index in [0.29, 0.717) is 5.92 Å². The van der Waals surface area contributed by atoms with E-state index in [9.17, 15) is 13.2 Å². The summed E-state index contributed by atoms with van der Waals surface area (Å²) in [5.41, 5.74) is 0.259. The maximum atomic E-state index is 12.2. The number of amides is 1. The molecule has 0 bridgehead atoms. The molecule has 0 aliphatic heterocycles. The Hall–Kier alpha value is -1.27. The zero-order chi connectivity index (χ0) is 15.6. The maximum absolute atomic E-state index is 12.2. The number of carbonyl (C=O) groups excluding carboxylic acids is 1. The Morgan fingerprint density at radius 2 is 2.10 bits per heavy atom. The van der Waals surface area contributed by atoms with Crippen LogP contribution in [0.3, 0.4) is 0 Å². The summed E-state index contributed by atoms with van der Waals surface area (Å²) in [6.45, 7) is 2.15. The van der Waals surface area contributed by atoms with Crippen molar-refractivity contribution in [1.29, 1.82) is 0 Å². The van der Waals surface area contributed by atoms with Crippen LogP contribution in [0.5, 0.6) is 5.75 Å². The molecule has 0 heterocycles. The van der Waals surface area contributed by atoms with Crippen LogP contribution in [0.15, 0.2) is 23.1 Å². The molecule has 2 unspecified atom stereocenters. The van der Waals surface area contributed by atoms with Crippen molar-refractivity contribution in [2.75, 3.05) is 7.11 Å². The Morgan fingerprint density at radius 3 is 2.62 bits per heavy atom. The van der Waals surface area contributed by atoms with Gasteiger partial charge in [0.1, 0.15) is 10.6 Å². The number of carbonyl (C=O) groups is 1. The molecule has 116 valence electrons. The van der Waals surface area contributed by atoms with Crippen LogP contribution in [-0.2, 0) is 9.05 Å². The number of nitrogens with one attached hydrogen (secondary N) is 1. The van der Waals surface area contributed by atoms with Crippen molar-refractivity contribution in [3.05, 3.63) is 23.8 Å². The van der Waals surface area contributed by atoms with E-state index in [1.807, 2.05) is 0 Å². The van der Waals surface area contributed by atoms with E-state index in [2.05, 4.69) is 12.2 Å². The molecule has 0 spiro atoms. The number of rotatable bonds is 4. The van der Waals surface area contributed by atoms with Gasteiger partial charge in [0.05, 0.1) is 7.11 Å². The number of methoxy groups -OCH3 is 1. The maximum Gasteiger partial charge on any atom is 0.265 e. The van der Waals surface area contributed by atoms with Crippen molar-refractivity contribution in [3.63, 3.8) is 0 Å². The van der Waals surface area contributed by atoms with Crippen molar-refractivity contribution >= 4 is 25.6 Å². The van der Waals surface area contributed by atoms with E-state index in [1.54, 1.807) is 0 Å². The highest BCUT2D eigenvalue weighted by molar-refractivity contribution is 8.13. The summed E-state index contributed by atoms with van der Waals surface area (Å²) in [5.74, 6) is 0.430. The number of hydrogen-bond acceptors (Lipinski definition) is 4. The van der Waals surface area contributed by atoms with E-state index in [4.69, 9.17) is 15.4 Å². The highest BCUT2D eigenvalue weighted by Gasteiger charge is 2.24. The molecule has 5 nitrogen and oxygen atoms in total. The Labute approximate surface area is 129 Å². The first kappa shape index (κ1) is 16.1. The highest BCUT2D eigenvalue weighted by atomic mass is 35.7. The smallest absolute Gasteiger partial charge is 0.265 e. The number of benzene rings is 1. The first-order valence-electron chi connectivity index (χ1n) is 6.75. The second kappa shape index (κ2) is 6.23. The summed E-state index contributed by atoms with van der Waals surface area (Å²) in [5, 5.41) is 2.92. The summed E-state index contributed by atoms with van der Waals surface area (Å²) >= 11 is 0. The Bertz CT molecular complexity index is 644. The fraction of sp³-hybridized carbons (Fsp3) is 0.500. The zero-order valence-corrected chi connectivity index (χ0v) is 13.5. The molecule has 2 atom stereocenters. The normalized spacial score (nSPS) is 22.0. The van der Waals surface area contributed by atoms with E-state index in [0.717, 1.165) is 19.3 Å². The second-order valence-electron chi connectivity index (χ2n) is 5.39. The minimum atomic E-state index is -3.97. The highest BCUT2D eigenvalue weighted by Crippen LogP contribution is 2.28. The van der Waals surface area contributed by atoms with Crippen molar-refractivity contribution < 1.29 is 17.9 Å². The van der Waals surface area contributed by atoms with Gasteiger partial charge in [-0.15, -0.1) is 0 Å². The number of ether oxygens (including phenoxy) is 1. The third-order valence-electron chi connectivity index (χ3n) is 3.72. The molecule has 1 amide bonds. The lowest BCUT2D eigenvalue weighted by Crippen LogP contribution is -2.32. The number of halogens is 1. The molecular weight excluding hydrogens is 314 g/mol. The van der Waals surface area contributed by atoms with E-state index < -0.39 is 9.05 Å². The standard InChI is InChI=1S/C14H18ClNO4S/c1-9-3-5-11(7-9)16-14(17)10-4-6-12(20-2)13(8-10)21(15,18)19/h4,6,8-9,11H,3,5,7H2,1-2H3,(H,16,17). The minimum absolute atomic E-state index is 0.121. The first-order valence-corrected chi connectivity index (χ1v) is 9.05. The summed E-state index contributed by atoms with van der Waals surface area (Å²) in [6, 6.07) is 4.35. The molecule has 1 aliphatic carbocycles. The van der Waals surface area contributed by atoms with Gasteiger partial charge in [-0.25, -0.2) is 8.42 Å². The van der Waals surface area contributed by atoms with Gasteiger partial charge >= 0.3 is 0 Å². The largest absolute Gasteiger partial charge is 0.495 e. The van der Waals surface area contributed by atoms with Gasteiger partial charge in [-0.05, 0) is 43.4 Å². The summed E-state index contributed by atoms with van der Waals surface area (Å²) in [4.78, 5) is 12.0. The summed E-state index contributed by atoms with van der Waals surface area (Å²) in [6.07, 6.45) is 2.99. The van der Waals surface area contributed by atoms with Gasteiger partial charge in [0, 0.05) is 22.3 Å². The lowest BCUT2D eigenvalue weighted by Gasteiger charge is -2.13. The molecular formula is C14H18ClNO4S. The first-order chi connectivity index (χ1) is 9.81. The van der Waals surface area contributed by atoms with E-state index in [1.165, 1.54) is 25.3 Å². The van der Waals surface area contributed by atoms with Gasteiger partial charge in [-0.2, -0.15) is 0 Å². The molecule has 21 heavy (non-hydrogen) atoms. The molecule has 1 fully saturated rings. The minimum Gasteiger partial charge on any atom is -0.495 e. The lowest BCUT2D eigenvalue weighted by molar-refractivity contribution is 0.0937. The topological polar surface area (TPSA) is 72.5 Å². The molecule has 1 saturated carbocycles. The monoisotopic (exact) mass is 331 g/mol.